The molecule has 0 saturated carbocycles. The molecule has 0 spiro atoms. The molecule has 1 N–H and O–H groups in total. The highest BCUT2D eigenvalue weighted by atomic mass is 15.1. The lowest BCUT2D eigenvalue weighted by Crippen LogP contribution is -2.18. The van der Waals surface area contributed by atoms with E-state index in [1.165, 1.54) is 12.1 Å². The van der Waals surface area contributed by atoms with E-state index in [2.05, 4.69) is 28.8 Å². The van der Waals surface area contributed by atoms with Gasteiger partial charge in [0.1, 0.15) is 0 Å². The van der Waals surface area contributed by atoms with Crippen molar-refractivity contribution in [2.75, 3.05) is 13.6 Å². The van der Waals surface area contributed by atoms with Crippen LogP contribution >= 0.6 is 0 Å². The first kappa shape index (κ1) is 8.27. The summed E-state index contributed by atoms with van der Waals surface area (Å²) in [7, 11) is 2.12. The van der Waals surface area contributed by atoms with Gasteiger partial charge in [-0.2, -0.15) is 0 Å². The van der Waals surface area contributed by atoms with Crippen LogP contribution in [0.15, 0.2) is 12.5 Å². The molecule has 0 aromatic carbocycles. The molecule has 1 heterocycles. The van der Waals surface area contributed by atoms with Gasteiger partial charge >= 0.3 is 0 Å². The number of H-pyrrole nitrogens is 1. The molecule has 0 fully saturated rings. The van der Waals surface area contributed by atoms with Crippen LogP contribution in [0.2, 0.25) is 0 Å². The topological polar surface area (TPSA) is 31.9 Å². The SMILES string of the molecule is CCCN(C)Cc1cnc[nH]1. The number of rotatable bonds is 4. The fourth-order valence-electron chi connectivity index (χ4n) is 1.12. The molecule has 1 aromatic rings. The molecule has 3 nitrogen and oxygen atoms in total. The van der Waals surface area contributed by atoms with E-state index in [1.54, 1.807) is 6.33 Å². The van der Waals surface area contributed by atoms with Gasteiger partial charge in [-0.05, 0) is 20.0 Å². The first-order chi connectivity index (χ1) is 5.33. The molecule has 3 heteroatoms. The van der Waals surface area contributed by atoms with Crippen molar-refractivity contribution in [2.45, 2.75) is 19.9 Å². The number of hydrogen-bond acceptors (Lipinski definition) is 2. The maximum Gasteiger partial charge on any atom is 0.0922 e. The Hall–Kier alpha value is -0.830. The number of nitrogens with one attached hydrogen (secondary N) is 1. The molecular weight excluding hydrogens is 138 g/mol. The number of hydrogen-bond donors (Lipinski definition) is 1. The van der Waals surface area contributed by atoms with Crippen LogP contribution < -0.4 is 0 Å². The Kier molecular flexibility index (Phi) is 3.11. The third kappa shape index (κ3) is 2.72. The molecular formula is C8H15N3. The van der Waals surface area contributed by atoms with Gasteiger partial charge in [-0.3, -0.25) is 0 Å². The highest BCUT2D eigenvalue weighted by molar-refractivity contribution is 4.93. The molecule has 0 radical (unpaired) electrons. The second-order valence-corrected chi connectivity index (χ2v) is 2.81. The van der Waals surface area contributed by atoms with E-state index in [1.807, 2.05) is 6.20 Å². The molecule has 0 bridgehead atoms. The standard InChI is InChI=1S/C8H15N3/c1-3-4-11(2)6-8-5-9-7-10-8/h5,7H,3-4,6H2,1-2H3,(H,9,10). The third-order valence-electron chi connectivity index (χ3n) is 1.60. The first-order valence-electron chi connectivity index (χ1n) is 3.98. The van der Waals surface area contributed by atoms with Crippen molar-refractivity contribution >= 4 is 0 Å². The summed E-state index contributed by atoms with van der Waals surface area (Å²) in [4.78, 5) is 9.30. The van der Waals surface area contributed by atoms with Crippen LogP contribution in [0.5, 0.6) is 0 Å². The van der Waals surface area contributed by atoms with Gasteiger partial charge < -0.3 is 9.88 Å². The van der Waals surface area contributed by atoms with Crippen LogP contribution in [-0.4, -0.2) is 28.5 Å². The minimum Gasteiger partial charge on any atom is -0.347 e. The van der Waals surface area contributed by atoms with Gasteiger partial charge in [0.25, 0.3) is 0 Å². The quantitative estimate of drug-likeness (QED) is 0.706. The molecule has 1 rings (SSSR count). The molecule has 62 valence electrons. The number of nitrogens with zero attached hydrogens (tertiary/aromatic N) is 2. The van der Waals surface area contributed by atoms with Crippen LogP contribution in [0, 0.1) is 0 Å². The lowest BCUT2D eigenvalue weighted by atomic mass is 10.4. The molecule has 1 aromatic heterocycles. The van der Waals surface area contributed by atoms with E-state index in [0.29, 0.717) is 0 Å². The Morgan fingerprint density at radius 1 is 1.64 bits per heavy atom. The number of aromatic amines is 1. The molecule has 0 aliphatic heterocycles. The normalized spacial score (nSPS) is 10.8. The zero-order valence-corrected chi connectivity index (χ0v) is 7.17. The van der Waals surface area contributed by atoms with Crippen LogP contribution in [0.3, 0.4) is 0 Å². The Balaban J connectivity index is 2.31. The second-order valence-electron chi connectivity index (χ2n) is 2.81. The third-order valence-corrected chi connectivity index (χ3v) is 1.60. The minimum absolute atomic E-state index is 0.966. The Morgan fingerprint density at radius 3 is 3.00 bits per heavy atom. The van der Waals surface area contributed by atoms with Crippen molar-refractivity contribution in [3.8, 4) is 0 Å². The van der Waals surface area contributed by atoms with Crippen molar-refractivity contribution < 1.29 is 0 Å². The predicted octanol–water partition coefficient (Wildman–Crippen LogP) is 1.25. The molecule has 0 atom stereocenters. The van der Waals surface area contributed by atoms with E-state index in [9.17, 15) is 0 Å². The Morgan fingerprint density at radius 2 is 2.45 bits per heavy atom. The Labute approximate surface area is 67.4 Å². The summed E-state index contributed by atoms with van der Waals surface area (Å²) in [6, 6.07) is 0. The largest absolute Gasteiger partial charge is 0.347 e. The fraction of sp³-hybridized carbons (Fsp3) is 0.625. The van der Waals surface area contributed by atoms with E-state index < -0.39 is 0 Å². The summed E-state index contributed by atoms with van der Waals surface area (Å²) in [5.41, 5.74) is 1.18. The van der Waals surface area contributed by atoms with Gasteiger partial charge in [-0.1, -0.05) is 6.92 Å². The predicted molar refractivity (Wildman–Crippen MR) is 45.2 cm³/mol. The highest BCUT2D eigenvalue weighted by Crippen LogP contribution is 1.97. The lowest BCUT2D eigenvalue weighted by molar-refractivity contribution is 0.324. The van der Waals surface area contributed by atoms with Crippen molar-refractivity contribution in [3.63, 3.8) is 0 Å². The Bertz CT molecular complexity index is 181. The molecule has 0 unspecified atom stereocenters. The average Bonchev–Trinajstić information content (AvgIpc) is 2.40. The van der Waals surface area contributed by atoms with Gasteiger partial charge in [0.15, 0.2) is 0 Å². The molecule has 0 saturated heterocycles. The smallest absolute Gasteiger partial charge is 0.0922 e. The summed E-state index contributed by atoms with van der Waals surface area (Å²) < 4.78 is 0. The van der Waals surface area contributed by atoms with Crippen LogP contribution in [0.25, 0.3) is 0 Å². The van der Waals surface area contributed by atoms with Gasteiger partial charge in [-0.15, -0.1) is 0 Å². The summed E-state index contributed by atoms with van der Waals surface area (Å²) in [5.74, 6) is 0. The zero-order chi connectivity index (χ0) is 8.10. The zero-order valence-electron chi connectivity index (χ0n) is 7.17. The minimum atomic E-state index is 0.966. The summed E-state index contributed by atoms with van der Waals surface area (Å²) >= 11 is 0. The van der Waals surface area contributed by atoms with Crippen LogP contribution in [0.4, 0.5) is 0 Å². The van der Waals surface area contributed by atoms with Crippen molar-refractivity contribution in [3.05, 3.63) is 18.2 Å². The van der Waals surface area contributed by atoms with Crippen molar-refractivity contribution in [1.29, 1.82) is 0 Å². The first-order valence-corrected chi connectivity index (χ1v) is 3.98. The van der Waals surface area contributed by atoms with E-state index in [4.69, 9.17) is 0 Å². The maximum absolute atomic E-state index is 3.95. The lowest BCUT2D eigenvalue weighted by Gasteiger charge is -2.13. The molecule has 0 amide bonds. The fourth-order valence-corrected chi connectivity index (χ4v) is 1.12. The van der Waals surface area contributed by atoms with Crippen molar-refractivity contribution in [2.24, 2.45) is 0 Å². The maximum atomic E-state index is 3.95. The van der Waals surface area contributed by atoms with Gasteiger partial charge in [0, 0.05) is 18.4 Å². The van der Waals surface area contributed by atoms with Crippen LogP contribution in [0.1, 0.15) is 19.0 Å². The molecule has 11 heavy (non-hydrogen) atoms. The van der Waals surface area contributed by atoms with E-state index in [0.717, 1.165) is 13.1 Å². The van der Waals surface area contributed by atoms with E-state index >= 15 is 0 Å². The molecule has 0 aliphatic rings. The van der Waals surface area contributed by atoms with Crippen LogP contribution in [-0.2, 0) is 6.54 Å². The van der Waals surface area contributed by atoms with E-state index in [-0.39, 0.29) is 0 Å². The summed E-state index contributed by atoms with van der Waals surface area (Å²) in [6.07, 6.45) is 4.78. The summed E-state index contributed by atoms with van der Waals surface area (Å²) in [5, 5.41) is 0. The van der Waals surface area contributed by atoms with Gasteiger partial charge in [0.05, 0.1) is 6.33 Å². The van der Waals surface area contributed by atoms with Gasteiger partial charge in [0.2, 0.25) is 0 Å². The monoisotopic (exact) mass is 153 g/mol. The second kappa shape index (κ2) is 4.13. The summed E-state index contributed by atoms with van der Waals surface area (Å²) in [6.45, 7) is 4.29. The average molecular weight is 153 g/mol. The molecule has 0 aliphatic carbocycles. The highest BCUT2D eigenvalue weighted by Gasteiger charge is 1.98. The van der Waals surface area contributed by atoms with Crippen molar-refractivity contribution in [1.82, 2.24) is 14.9 Å². The van der Waals surface area contributed by atoms with Gasteiger partial charge in [-0.25, -0.2) is 4.98 Å². The number of imidazole rings is 1. The number of aromatic nitrogens is 2.